The van der Waals surface area contributed by atoms with Crippen molar-refractivity contribution in [3.8, 4) is 17.6 Å². The van der Waals surface area contributed by atoms with Gasteiger partial charge in [0.2, 0.25) is 10.0 Å². The lowest BCUT2D eigenvalue weighted by Crippen LogP contribution is -2.41. The second-order valence-electron chi connectivity index (χ2n) is 7.85. The van der Waals surface area contributed by atoms with Crippen molar-refractivity contribution in [2.75, 3.05) is 52.4 Å². The lowest BCUT2D eigenvalue weighted by Gasteiger charge is -2.24. The standard InChI is InChI=1S/C25H29N3O7S/c1-33-21-10-6-19(7-11-21)24(29)26-20-8-12-22(13-9-20)36(31,32)27-23(25(30)34-2)5-3-4-14-28-15-17-35-18-16-28/h6-13,23,27H,5,14-18H2,1-2H3,(H,26,29). The van der Waals surface area contributed by atoms with E-state index < -0.39 is 22.0 Å². The summed E-state index contributed by atoms with van der Waals surface area (Å²) in [5.74, 6) is 5.37. The predicted octanol–water partition coefficient (Wildman–Crippen LogP) is 1.49. The summed E-state index contributed by atoms with van der Waals surface area (Å²) < 4.78 is 43.2. The number of methoxy groups -OCH3 is 2. The van der Waals surface area contributed by atoms with E-state index in [1.165, 1.54) is 38.5 Å². The average Bonchev–Trinajstić information content (AvgIpc) is 2.90. The van der Waals surface area contributed by atoms with Crippen molar-refractivity contribution >= 4 is 27.6 Å². The van der Waals surface area contributed by atoms with E-state index >= 15 is 0 Å². The summed E-state index contributed by atoms with van der Waals surface area (Å²) >= 11 is 0. The highest BCUT2D eigenvalue weighted by atomic mass is 32.2. The first-order chi connectivity index (χ1) is 17.3. The van der Waals surface area contributed by atoms with E-state index in [-0.39, 0.29) is 17.2 Å². The molecule has 1 unspecified atom stereocenters. The fourth-order valence-corrected chi connectivity index (χ4v) is 4.52. The van der Waals surface area contributed by atoms with Crippen molar-refractivity contribution < 1.29 is 32.2 Å². The molecule has 2 aromatic rings. The van der Waals surface area contributed by atoms with Gasteiger partial charge in [0, 0.05) is 30.8 Å². The zero-order chi connectivity index (χ0) is 26.0. The lowest BCUT2D eigenvalue weighted by atomic mass is 10.2. The first-order valence-electron chi connectivity index (χ1n) is 11.2. The number of hydrogen-bond acceptors (Lipinski definition) is 8. The minimum absolute atomic E-state index is 0.0355. The summed E-state index contributed by atoms with van der Waals surface area (Å²) in [6, 6.07) is 11.0. The van der Waals surface area contributed by atoms with Gasteiger partial charge in [0.25, 0.3) is 5.91 Å². The zero-order valence-electron chi connectivity index (χ0n) is 20.2. The molecule has 1 amide bonds. The quantitative estimate of drug-likeness (QED) is 0.381. The number of rotatable bonds is 9. The number of esters is 1. The van der Waals surface area contributed by atoms with Crippen molar-refractivity contribution in [2.45, 2.75) is 17.4 Å². The highest BCUT2D eigenvalue weighted by Crippen LogP contribution is 2.17. The van der Waals surface area contributed by atoms with Crippen molar-refractivity contribution in [3.63, 3.8) is 0 Å². The topological polar surface area (TPSA) is 123 Å². The van der Waals surface area contributed by atoms with Gasteiger partial charge in [-0.1, -0.05) is 11.8 Å². The Labute approximate surface area is 211 Å². The molecule has 10 nitrogen and oxygen atoms in total. The van der Waals surface area contributed by atoms with Crippen LogP contribution >= 0.6 is 0 Å². The van der Waals surface area contributed by atoms with Crippen molar-refractivity contribution in [1.82, 2.24) is 9.62 Å². The number of nitrogens with zero attached hydrogens (tertiary/aromatic N) is 1. The van der Waals surface area contributed by atoms with Crippen LogP contribution in [0.15, 0.2) is 53.4 Å². The number of sulfonamides is 1. The Balaban J connectivity index is 1.61. The number of morpholine rings is 1. The molecule has 1 aliphatic rings. The van der Waals surface area contributed by atoms with Crippen LogP contribution in [0.5, 0.6) is 5.75 Å². The third-order valence-electron chi connectivity index (χ3n) is 5.40. The van der Waals surface area contributed by atoms with Crippen LogP contribution in [0.3, 0.4) is 0 Å². The first kappa shape index (κ1) is 27.2. The molecule has 2 N–H and O–H groups in total. The van der Waals surface area contributed by atoms with E-state index in [2.05, 4.69) is 26.8 Å². The van der Waals surface area contributed by atoms with Crippen LogP contribution < -0.4 is 14.8 Å². The summed E-state index contributed by atoms with van der Waals surface area (Å²) in [7, 11) is -1.33. The number of hydrogen-bond donors (Lipinski definition) is 2. The van der Waals surface area contributed by atoms with Crippen molar-refractivity contribution in [2.24, 2.45) is 0 Å². The molecular weight excluding hydrogens is 486 g/mol. The molecule has 0 aromatic heterocycles. The van der Waals surface area contributed by atoms with Gasteiger partial charge in [0.1, 0.15) is 11.8 Å². The van der Waals surface area contributed by atoms with Crippen LogP contribution in [0.2, 0.25) is 0 Å². The molecule has 1 saturated heterocycles. The van der Waals surface area contributed by atoms with Crippen LogP contribution in [0.25, 0.3) is 0 Å². The normalized spacial score (nSPS) is 14.7. The smallest absolute Gasteiger partial charge is 0.324 e. The van der Waals surface area contributed by atoms with Gasteiger partial charge in [-0.05, 0) is 48.5 Å². The van der Waals surface area contributed by atoms with Gasteiger partial charge in [-0.3, -0.25) is 14.5 Å². The summed E-state index contributed by atoms with van der Waals surface area (Å²) in [6.07, 6.45) is -0.0355. The van der Waals surface area contributed by atoms with Gasteiger partial charge in [0.15, 0.2) is 0 Å². The molecule has 11 heteroatoms. The Bertz CT molecular complexity index is 1200. The minimum Gasteiger partial charge on any atom is -0.497 e. The monoisotopic (exact) mass is 515 g/mol. The predicted molar refractivity (Wildman–Crippen MR) is 133 cm³/mol. The van der Waals surface area contributed by atoms with Gasteiger partial charge >= 0.3 is 5.97 Å². The maximum absolute atomic E-state index is 12.9. The Kier molecular flexibility index (Phi) is 9.84. The van der Waals surface area contributed by atoms with E-state index in [1.807, 2.05) is 0 Å². The van der Waals surface area contributed by atoms with Crippen molar-refractivity contribution in [1.29, 1.82) is 0 Å². The second-order valence-corrected chi connectivity index (χ2v) is 9.56. The second kappa shape index (κ2) is 13.0. The number of anilines is 1. The third-order valence-corrected chi connectivity index (χ3v) is 6.88. The largest absolute Gasteiger partial charge is 0.497 e. The van der Waals surface area contributed by atoms with Crippen LogP contribution in [-0.4, -0.2) is 78.3 Å². The molecule has 3 rings (SSSR count). The van der Waals surface area contributed by atoms with Crippen LogP contribution in [-0.2, 0) is 24.3 Å². The Morgan fingerprint density at radius 2 is 1.69 bits per heavy atom. The summed E-state index contributed by atoms with van der Waals surface area (Å²) in [4.78, 5) is 26.6. The van der Waals surface area contributed by atoms with Gasteiger partial charge < -0.3 is 19.5 Å². The first-order valence-corrected chi connectivity index (χ1v) is 12.7. The van der Waals surface area contributed by atoms with Crippen LogP contribution in [0.1, 0.15) is 16.8 Å². The third kappa shape index (κ3) is 7.79. The van der Waals surface area contributed by atoms with E-state index in [0.717, 1.165) is 13.1 Å². The van der Waals surface area contributed by atoms with Gasteiger partial charge in [-0.25, -0.2) is 8.42 Å². The number of amides is 1. The van der Waals surface area contributed by atoms with E-state index in [1.54, 1.807) is 24.3 Å². The van der Waals surface area contributed by atoms with Crippen LogP contribution in [0, 0.1) is 11.8 Å². The molecule has 0 bridgehead atoms. The molecule has 0 aliphatic carbocycles. The molecule has 192 valence electrons. The Hall–Kier alpha value is -3.43. The Morgan fingerprint density at radius 1 is 1.03 bits per heavy atom. The summed E-state index contributed by atoms with van der Waals surface area (Å²) in [6.45, 7) is 3.36. The van der Waals surface area contributed by atoms with E-state index in [4.69, 9.17) is 14.2 Å². The van der Waals surface area contributed by atoms with Crippen LogP contribution in [0.4, 0.5) is 5.69 Å². The highest BCUT2D eigenvalue weighted by molar-refractivity contribution is 7.89. The molecule has 0 spiro atoms. The molecule has 0 radical (unpaired) electrons. The fraction of sp³-hybridized carbons (Fsp3) is 0.360. The van der Waals surface area contributed by atoms with Gasteiger partial charge in [-0.15, -0.1) is 0 Å². The summed E-state index contributed by atoms with van der Waals surface area (Å²) in [5, 5.41) is 2.70. The zero-order valence-corrected chi connectivity index (χ0v) is 21.0. The molecule has 1 atom stereocenters. The molecule has 36 heavy (non-hydrogen) atoms. The van der Waals surface area contributed by atoms with Gasteiger partial charge in [0.05, 0.1) is 38.9 Å². The number of benzene rings is 2. The van der Waals surface area contributed by atoms with E-state index in [0.29, 0.717) is 36.8 Å². The molecule has 0 saturated carbocycles. The highest BCUT2D eigenvalue weighted by Gasteiger charge is 2.26. The molecule has 2 aromatic carbocycles. The average molecular weight is 516 g/mol. The SMILES string of the molecule is COC(=O)C(CC#CCN1CCOCC1)NS(=O)(=O)c1ccc(NC(=O)c2ccc(OC)cc2)cc1. The fourth-order valence-electron chi connectivity index (χ4n) is 3.33. The lowest BCUT2D eigenvalue weighted by molar-refractivity contribution is -0.142. The molecular formula is C25H29N3O7S. The maximum atomic E-state index is 12.9. The molecule has 1 fully saturated rings. The number of carbonyl (C=O) groups is 2. The van der Waals surface area contributed by atoms with Crippen molar-refractivity contribution in [3.05, 3.63) is 54.1 Å². The minimum atomic E-state index is -4.05. The number of ether oxygens (including phenoxy) is 3. The number of nitrogens with one attached hydrogen (secondary N) is 2. The van der Waals surface area contributed by atoms with E-state index in [9.17, 15) is 18.0 Å². The Morgan fingerprint density at radius 3 is 2.31 bits per heavy atom. The molecule has 1 heterocycles. The number of carbonyl (C=O) groups excluding carboxylic acids is 2. The molecule has 1 aliphatic heterocycles. The van der Waals surface area contributed by atoms with Gasteiger partial charge in [-0.2, -0.15) is 4.72 Å². The summed E-state index contributed by atoms with van der Waals surface area (Å²) in [5.41, 5.74) is 0.832. The maximum Gasteiger partial charge on any atom is 0.324 e.